The Balaban J connectivity index is 1.83. The van der Waals surface area contributed by atoms with E-state index in [1.807, 2.05) is 11.0 Å². The number of hydrogen-bond donors (Lipinski definition) is 0. The summed E-state index contributed by atoms with van der Waals surface area (Å²) in [5.41, 5.74) is 2.68. The summed E-state index contributed by atoms with van der Waals surface area (Å²) in [4.78, 5) is 8.88. The van der Waals surface area contributed by atoms with Crippen molar-refractivity contribution in [3.05, 3.63) is 29.9 Å². The van der Waals surface area contributed by atoms with Crippen LogP contribution < -0.4 is 0 Å². The van der Waals surface area contributed by atoms with Gasteiger partial charge in [-0.3, -0.25) is 0 Å². The Kier molecular flexibility index (Phi) is 3.13. The Morgan fingerprint density at radius 1 is 1.22 bits per heavy atom. The van der Waals surface area contributed by atoms with E-state index in [1.54, 1.807) is 6.33 Å². The number of aromatic nitrogens is 5. The van der Waals surface area contributed by atoms with E-state index in [0.717, 1.165) is 38.2 Å². The predicted molar refractivity (Wildman–Crippen MR) is 68.3 cm³/mol. The fourth-order valence-electron chi connectivity index (χ4n) is 2.63. The summed E-state index contributed by atoms with van der Waals surface area (Å²) >= 11 is 0. The molecule has 0 saturated heterocycles. The van der Waals surface area contributed by atoms with Gasteiger partial charge in [-0.2, -0.15) is 5.10 Å². The SMILES string of the molecule is CCCn1ncnc1Cn1cnc2c1CCCC2. The maximum Gasteiger partial charge on any atom is 0.146 e. The molecule has 0 bridgehead atoms. The topological polar surface area (TPSA) is 48.5 Å². The van der Waals surface area contributed by atoms with Crippen molar-refractivity contribution < 1.29 is 0 Å². The first kappa shape index (κ1) is 11.4. The molecule has 1 aliphatic carbocycles. The summed E-state index contributed by atoms with van der Waals surface area (Å²) < 4.78 is 4.24. The van der Waals surface area contributed by atoms with Crippen molar-refractivity contribution in [1.29, 1.82) is 0 Å². The number of hydrogen-bond acceptors (Lipinski definition) is 3. The third kappa shape index (κ3) is 2.05. The zero-order valence-electron chi connectivity index (χ0n) is 10.8. The molecule has 0 spiro atoms. The van der Waals surface area contributed by atoms with Crippen LogP contribution in [0.25, 0.3) is 0 Å². The first-order valence-electron chi connectivity index (χ1n) is 6.78. The Hall–Kier alpha value is -1.65. The molecule has 0 saturated carbocycles. The Labute approximate surface area is 107 Å². The molecular formula is C13H19N5. The van der Waals surface area contributed by atoms with Crippen LogP contribution in [0.15, 0.2) is 12.7 Å². The molecule has 2 aromatic heterocycles. The lowest BCUT2D eigenvalue weighted by atomic mass is 10.0. The molecule has 2 heterocycles. The van der Waals surface area contributed by atoms with Gasteiger partial charge in [-0.15, -0.1) is 0 Å². The third-order valence-corrected chi connectivity index (χ3v) is 3.55. The van der Waals surface area contributed by atoms with Gasteiger partial charge in [0.1, 0.15) is 12.2 Å². The quantitative estimate of drug-likeness (QED) is 0.825. The molecular weight excluding hydrogens is 226 g/mol. The molecule has 5 heteroatoms. The van der Waals surface area contributed by atoms with Gasteiger partial charge in [-0.05, 0) is 32.1 Å². The van der Waals surface area contributed by atoms with Crippen LogP contribution in [-0.2, 0) is 25.9 Å². The highest BCUT2D eigenvalue weighted by atomic mass is 15.3. The van der Waals surface area contributed by atoms with E-state index >= 15 is 0 Å². The maximum atomic E-state index is 4.52. The van der Waals surface area contributed by atoms with Crippen LogP contribution in [0.5, 0.6) is 0 Å². The van der Waals surface area contributed by atoms with Crippen LogP contribution in [0.1, 0.15) is 43.4 Å². The van der Waals surface area contributed by atoms with Crippen molar-refractivity contribution in [2.24, 2.45) is 0 Å². The molecule has 0 unspecified atom stereocenters. The fraction of sp³-hybridized carbons (Fsp3) is 0.615. The van der Waals surface area contributed by atoms with Crippen LogP contribution in [0.2, 0.25) is 0 Å². The highest BCUT2D eigenvalue weighted by Gasteiger charge is 2.16. The molecule has 0 N–H and O–H groups in total. The number of nitrogens with zero attached hydrogens (tertiary/aromatic N) is 5. The molecule has 1 aliphatic rings. The summed E-state index contributed by atoms with van der Waals surface area (Å²) in [6.45, 7) is 3.89. The minimum Gasteiger partial charge on any atom is -0.327 e. The van der Waals surface area contributed by atoms with E-state index < -0.39 is 0 Å². The van der Waals surface area contributed by atoms with Crippen molar-refractivity contribution in [2.45, 2.75) is 52.1 Å². The molecule has 96 valence electrons. The second-order valence-corrected chi connectivity index (χ2v) is 4.87. The molecule has 18 heavy (non-hydrogen) atoms. The lowest BCUT2D eigenvalue weighted by Crippen LogP contribution is -2.13. The average Bonchev–Trinajstić information content (AvgIpc) is 2.99. The molecule has 3 rings (SSSR count). The number of imidazole rings is 1. The van der Waals surface area contributed by atoms with Crippen LogP contribution >= 0.6 is 0 Å². The van der Waals surface area contributed by atoms with Crippen LogP contribution in [-0.4, -0.2) is 24.3 Å². The molecule has 0 atom stereocenters. The lowest BCUT2D eigenvalue weighted by molar-refractivity contribution is 0.544. The molecule has 0 fully saturated rings. The van der Waals surface area contributed by atoms with E-state index in [2.05, 4.69) is 26.6 Å². The van der Waals surface area contributed by atoms with Gasteiger partial charge in [0, 0.05) is 12.2 Å². The van der Waals surface area contributed by atoms with Crippen LogP contribution in [0.4, 0.5) is 0 Å². The molecule has 0 amide bonds. The summed E-state index contributed by atoms with van der Waals surface area (Å²) in [6, 6.07) is 0. The summed E-state index contributed by atoms with van der Waals surface area (Å²) in [7, 11) is 0. The Morgan fingerprint density at radius 2 is 2.11 bits per heavy atom. The van der Waals surface area contributed by atoms with Gasteiger partial charge in [0.15, 0.2) is 0 Å². The first-order valence-corrected chi connectivity index (χ1v) is 6.78. The van der Waals surface area contributed by atoms with E-state index in [-0.39, 0.29) is 0 Å². The standard InChI is InChI=1S/C13H19N5/c1-2-7-18-13(14-9-16-18)8-17-10-15-11-5-3-4-6-12(11)17/h9-10H,2-8H2,1H3. The van der Waals surface area contributed by atoms with E-state index in [0.29, 0.717) is 0 Å². The predicted octanol–water partition coefficient (Wildman–Crippen LogP) is 1.81. The molecule has 0 aliphatic heterocycles. The van der Waals surface area contributed by atoms with Crippen molar-refractivity contribution in [2.75, 3.05) is 0 Å². The molecule has 0 aromatic carbocycles. The summed E-state index contributed by atoms with van der Waals surface area (Å²) in [5.74, 6) is 1.03. The second kappa shape index (κ2) is 4.92. The normalized spacial score (nSPS) is 14.7. The highest BCUT2D eigenvalue weighted by molar-refractivity contribution is 5.17. The van der Waals surface area contributed by atoms with E-state index in [4.69, 9.17) is 0 Å². The minimum absolute atomic E-state index is 0.794. The molecule has 0 radical (unpaired) electrons. The minimum atomic E-state index is 0.794. The van der Waals surface area contributed by atoms with Gasteiger partial charge in [-0.1, -0.05) is 6.92 Å². The molecule has 2 aromatic rings. The van der Waals surface area contributed by atoms with Gasteiger partial charge in [0.2, 0.25) is 0 Å². The second-order valence-electron chi connectivity index (χ2n) is 4.87. The van der Waals surface area contributed by atoms with Gasteiger partial charge >= 0.3 is 0 Å². The first-order chi connectivity index (χ1) is 8.88. The van der Waals surface area contributed by atoms with Gasteiger partial charge < -0.3 is 4.57 Å². The van der Waals surface area contributed by atoms with Gasteiger partial charge in [-0.25, -0.2) is 14.6 Å². The number of fused-ring (bicyclic) bond motifs is 1. The van der Waals surface area contributed by atoms with Crippen molar-refractivity contribution in [3.63, 3.8) is 0 Å². The zero-order chi connectivity index (χ0) is 12.4. The average molecular weight is 245 g/mol. The van der Waals surface area contributed by atoms with Gasteiger partial charge in [0.25, 0.3) is 0 Å². The zero-order valence-corrected chi connectivity index (χ0v) is 10.8. The highest BCUT2D eigenvalue weighted by Crippen LogP contribution is 2.20. The maximum absolute atomic E-state index is 4.52. The fourth-order valence-corrected chi connectivity index (χ4v) is 2.63. The summed E-state index contributed by atoms with van der Waals surface area (Å²) in [5, 5.41) is 4.27. The van der Waals surface area contributed by atoms with E-state index in [1.165, 1.54) is 24.2 Å². The third-order valence-electron chi connectivity index (χ3n) is 3.55. The van der Waals surface area contributed by atoms with Gasteiger partial charge in [0.05, 0.1) is 18.6 Å². The smallest absolute Gasteiger partial charge is 0.146 e. The lowest BCUT2D eigenvalue weighted by Gasteiger charge is -2.14. The van der Waals surface area contributed by atoms with Crippen LogP contribution in [0, 0.1) is 0 Å². The molecule has 5 nitrogen and oxygen atoms in total. The van der Waals surface area contributed by atoms with Crippen LogP contribution in [0.3, 0.4) is 0 Å². The van der Waals surface area contributed by atoms with Crippen molar-refractivity contribution in [1.82, 2.24) is 24.3 Å². The summed E-state index contributed by atoms with van der Waals surface area (Å²) in [6.07, 6.45) is 9.52. The monoisotopic (exact) mass is 245 g/mol. The van der Waals surface area contributed by atoms with E-state index in [9.17, 15) is 0 Å². The van der Waals surface area contributed by atoms with Crippen molar-refractivity contribution in [3.8, 4) is 0 Å². The number of rotatable bonds is 4. The Morgan fingerprint density at radius 3 is 3.00 bits per heavy atom. The van der Waals surface area contributed by atoms with Crippen molar-refractivity contribution >= 4 is 0 Å². The Bertz CT molecular complexity index is 525. The largest absolute Gasteiger partial charge is 0.327 e. The number of aryl methyl sites for hydroxylation is 2.